The molecule has 1 heterocycles. The number of ether oxygens (including phenoxy) is 5. The van der Waals surface area contributed by atoms with Crippen LogP contribution < -0.4 is 0 Å². The Morgan fingerprint density at radius 2 is 0.802 bits per heavy atom. The van der Waals surface area contributed by atoms with Crippen molar-refractivity contribution in [3.05, 3.63) is 146 Å². The summed E-state index contributed by atoms with van der Waals surface area (Å²) in [6.45, 7) is 5.65. The molecular formula is C69H106O12. The van der Waals surface area contributed by atoms with Gasteiger partial charge in [0.05, 0.1) is 6.61 Å². The molecule has 0 aromatic heterocycles. The maximum Gasteiger partial charge on any atom is 0.335 e. The summed E-state index contributed by atoms with van der Waals surface area (Å²) in [5, 5.41) is 31.5. The van der Waals surface area contributed by atoms with Gasteiger partial charge in [0, 0.05) is 19.3 Å². The number of carboxylic acids is 1. The van der Waals surface area contributed by atoms with Crippen molar-refractivity contribution in [3.63, 3.8) is 0 Å². The van der Waals surface area contributed by atoms with Gasteiger partial charge in [-0.15, -0.1) is 0 Å². The van der Waals surface area contributed by atoms with Gasteiger partial charge in [-0.25, -0.2) is 4.79 Å². The Balaban J connectivity index is 2.75. The zero-order valence-corrected chi connectivity index (χ0v) is 50.0. The number of allylic oxidation sites excluding steroid dienone is 24. The largest absolute Gasteiger partial charge is 0.479 e. The minimum absolute atomic E-state index is 0.00502. The van der Waals surface area contributed by atoms with E-state index < -0.39 is 67.3 Å². The zero-order valence-electron chi connectivity index (χ0n) is 50.0. The number of carbonyl (C=O) groups is 4. The second-order valence-electron chi connectivity index (χ2n) is 20.2. The number of hydrogen-bond donors (Lipinski definition) is 3. The Bertz CT molecular complexity index is 1960. The Kier molecular flexibility index (Phi) is 50.1. The summed E-state index contributed by atoms with van der Waals surface area (Å²) in [5.41, 5.74) is 0. The fourth-order valence-corrected chi connectivity index (χ4v) is 8.24. The van der Waals surface area contributed by atoms with E-state index in [2.05, 4.69) is 154 Å². The van der Waals surface area contributed by atoms with Crippen LogP contribution in [0.4, 0.5) is 0 Å². The highest BCUT2D eigenvalue weighted by atomic mass is 16.7. The van der Waals surface area contributed by atoms with Crippen molar-refractivity contribution >= 4 is 23.9 Å². The molecule has 6 atom stereocenters. The number of aliphatic hydroxyl groups excluding tert-OH is 2. The summed E-state index contributed by atoms with van der Waals surface area (Å²) in [7, 11) is 0. The van der Waals surface area contributed by atoms with E-state index in [0.717, 1.165) is 128 Å². The molecule has 1 saturated heterocycles. The van der Waals surface area contributed by atoms with Crippen LogP contribution in [0.25, 0.3) is 0 Å². The van der Waals surface area contributed by atoms with Crippen LogP contribution in [-0.4, -0.2) is 89.2 Å². The maximum atomic E-state index is 13.2. The zero-order chi connectivity index (χ0) is 58.9. The third-order valence-corrected chi connectivity index (χ3v) is 12.9. The lowest BCUT2D eigenvalue weighted by Crippen LogP contribution is -2.61. The second kappa shape index (κ2) is 55.2. The third kappa shape index (κ3) is 44.9. The quantitative estimate of drug-likeness (QED) is 0.0228. The molecule has 454 valence electrons. The third-order valence-electron chi connectivity index (χ3n) is 12.9. The summed E-state index contributed by atoms with van der Waals surface area (Å²) in [6.07, 6.45) is 66.8. The lowest BCUT2D eigenvalue weighted by Gasteiger charge is -2.40. The molecule has 0 saturated carbocycles. The minimum atomic E-state index is -1.93. The second-order valence-corrected chi connectivity index (χ2v) is 20.2. The van der Waals surface area contributed by atoms with E-state index in [1.54, 1.807) is 0 Å². The summed E-state index contributed by atoms with van der Waals surface area (Å²) in [4.78, 5) is 51.2. The molecule has 1 rings (SSSR count). The van der Waals surface area contributed by atoms with Crippen LogP contribution in [0.15, 0.2) is 146 Å². The van der Waals surface area contributed by atoms with Crippen molar-refractivity contribution in [1.29, 1.82) is 0 Å². The molecule has 81 heavy (non-hydrogen) atoms. The topological polar surface area (TPSA) is 175 Å². The van der Waals surface area contributed by atoms with E-state index in [9.17, 15) is 34.5 Å². The molecule has 0 bridgehead atoms. The van der Waals surface area contributed by atoms with Crippen LogP contribution in [0.1, 0.15) is 213 Å². The average molecular weight is 1130 g/mol. The highest BCUT2D eigenvalue weighted by molar-refractivity contribution is 5.74. The van der Waals surface area contributed by atoms with E-state index in [1.165, 1.54) is 25.7 Å². The first-order valence-corrected chi connectivity index (χ1v) is 30.8. The minimum Gasteiger partial charge on any atom is -0.479 e. The number of hydrogen-bond acceptors (Lipinski definition) is 11. The number of aliphatic carboxylic acids is 1. The van der Waals surface area contributed by atoms with Crippen LogP contribution in [-0.2, 0) is 42.9 Å². The molecule has 0 radical (unpaired) electrons. The number of esters is 3. The number of carbonyl (C=O) groups excluding carboxylic acids is 3. The number of aliphatic hydroxyl groups is 2. The molecule has 0 aliphatic carbocycles. The Morgan fingerprint density at radius 3 is 1.26 bits per heavy atom. The predicted octanol–water partition coefficient (Wildman–Crippen LogP) is 16.3. The first-order chi connectivity index (χ1) is 39.6. The van der Waals surface area contributed by atoms with Gasteiger partial charge in [0.1, 0.15) is 18.8 Å². The molecule has 0 aromatic rings. The first kappa shape index (κ1) is 73.6. The Labute approximate surface area is 489 Å². The predicted molar refractivity (Wildman–Crippen MR) is 330 cm³/mol. The molecule has 12 nitrogen and oxygen atoms in total. The molecule has 1 aliphatic heterocycles. The van der Waals surface area contributed by atoms with Gasteiger partial charge in [0.15, 0.2) is 24.6 Å². The summed E-state index contributed by atoms with van der Waals surface area (Å²) >= 11 is 0. The summed E-state index contributed by atoms with van der Waals surface area (Å²) in [5.74, 6) is -3.31. The van der Waals surface area contributed by atoms with Crippen molar-refractivity contribution in [2.75, 3.05) is 13.2 Å². The van der Waals surface area contributed by atoms with Gasteiger partial charge in [0.25, 0.3) is 0 Å². The van der Waals surface area contributed by atoms with E-state index in [-0.39, 0.29) is 25.9 Å². The summed E-state index contributed by atoms with van der Waals surface area (Å²) in [6, 6.07) is 0. The van der Waals surface area contributed by atoms with Crippen molar-refractivity contribution in [2.45, 2.75) is 250 Å². The maximum absolute atomic E-state index is 13.2. The molecule has 3 N–H and O–H groups in total. The molecule has 0 aromatic carbocycles. The summed E-state index contributed by atoms with van der Waals surface area (Å²) < 4.78 is 28.3. The lowest BCUT2D eigenvalue weighted by atomic mass is 9.98. The van der Waals surface area contributed by atoms with E-state index >= 15 is 0 Å². The van der Waals surface area contributed by atoms with Crippen LogP contribution in [0.3, 0.4) is 0 Å². The van der Waals surface area contributed by atoms with Crippen LogP contribution >= 0.6 is 0 Å². The van der Waals surface area contributed by atoms with E-state index in [0.29, 0.717) is 19.3 Å². The average Bonchev–Trinajstić information content (AvgIpc) is 3.45. The Morgan fingerprint density at radius 1 is 0.420 bits per heavy atom. The smallest absolute Gasteiger partial charge is 0.335 e. The van der Waals surface area contributed by atoms with Gasteiger partial charge in [-0.3, -0.25) is 14.4 Å². The fraction of sp³-hybridized carbons (Fsp3) is 0.594. The molecule has 12 heteroatoms. The molecular weight excluding hydrogens is 1020 g/mol. The number of unbranched alkanes of at least 4 members (excludes halogenated alkanes) is 12. The Hall–Kier alpha value is -5.40. The molecule has 0 amide bonds. The fourth-order valence-electron chi connectivity index (χ4n) is 8.24. The number of rotatable bonds is 50. The normalized spacial score (nSPS) is 18.8. The van der Waals surface area contributed by atoms with Crippen LogP contribution in [0.5, 0.6) is 0 Å². The highest BCUT2D eigenvalue weighted by Crippen LogP contribution is 2.26. The van der Waals surface area contributed by atoms with Gasteiger partial charge in [-0.05, 0) is 128 Å². The highest BCUT2D eigenvalue weighted by Gasteiger charge is 2.50. The SMILES string of the molecule is CC/C=C\C/C=C\C/C=C\C/C=C\C/C=C\C/C=C\CCC(=O)OCC(COC1OC(C(=O)O)C(O)C(O)C1OC(=O)CCCCC/C=C\C/C=C\C/C=C\C/C=C\C/C=C\CC)OC(=O)CCCCCCC/C=C\CCCCCC. The van der Waals surface area contributed by atoms with Gasteiger partial charge >= 0.3 is 23.9 Å². The first-order valence-electron chi connectivity index (χ1n) is 30.8. The van der Waals surface area contributed by atoms with Crippen molar-refractivity contribution in [3.8, 4) is 0 Å². The number of carboxylic acid groups (broad SMARTS) is 1. The van der Waals surface area contributed by atoms with Gasteiger partial charge in [-0.2, -0.15) is 0 Å². The van der Waals surface area contributed by atoms with E-state index in [4.69, 9.17) is 23.7 Å². The molecule has 1 aliphatic rings. The molecule has 6 unspecified atom stereocenters. The van der Waals surface area contributed by atoms with Crippen LogP contribution in [0.2, 0.25) is 0 Å². The lowest BCUT2D eigenvalue weighted by molar-refractivity contribution is -0.301. The van der Waals surface area contributed by atoms with Gasteiger partial charge in [-0.1, -0.05) is 212 Å². The van der Waals surface area contributed by atoms with Crippen molar-refractivity contribution in [2.24, 2.45) is 0 Å². The molecule has 0 spiro atoms. The molecule has 1 fully saturated rings. The van der Waals surface area contributed by atoms with Crippen molar-refractivity contribution < 1.29 is 58.2 Å². The van der Waals surface area contributed by atoms with Crippen molar-refractivity contribution in [1.82, 2.24) is 0 Å². The van der Waals surface area contributed by atoms with E-state index in [1.807, 2.05) is 12.2 Å². The van der Waals surface area contributed by atoms with Gasteiger partial charge in [0.2, 0.25) is 0 Å². The van der Waals surface area contributed by atoms with Gasteiger partial charge < -0.3 is 39.0 Å². The standard InChI is InChI=1S/C69H106O12/c1-4-7-10-13-16-19-22-25-27-29-31-33-35-38-40-43-46-49-52-55-61(70)77-58-60(79-62(71)56-53-50-47-44-41-37-24-21-18-15-12-9-6-3)59-78-69-67(65(74)64(73)66(81-69)68(75)76)80-63(72)57-54-51-48-45-42-39-36-34-32-30-28-26-23-20-17-14-11-8-5-2/h7-8,10-11,16-17,19-21,24-28,31-34,38-40,42,46,49,60,64-67,69,73-74H,4-6,9,12-15,18,22-23,29-30,35-37,41,43-45,47-48,50-59H2,1-3H3,(H,75,76)/b10-7-,11-8-,19-16-,20-17-,24-21-,27-25-,28-26-,33-31-,34-32-,40-38-,42-39-,49-46-. The van der Waals surface area contributed by atoms with Crippen LogP contribution in [0, 0.1) is 0 Å². The monoisotopic (exact) mass is 1130 g/mol.